The van der Waals surface area contributed by atoms with Crippen LogP contribution in [0.15, 0.2) is 6.07 Å². The van der Waals surface area contributed by atoms with E-state index in [0.717, 1.165) is 12.2 Å². The summed E-state index contributed by atoms with van der Waals surface area (Å²) in [7, 11) is 1.70. The molecule has 0 aromatic heterocycles. The van der Waals surface area contributed by atoms with Crippen molar-refractivity contribution in [2.75, 3.05) is 7.11 Å². The molecule has 1 unspecified atom stereocenters. The normalized spacial score (nSPS) is 23.8. The third-order valence-corrected chi connectivity index (χ3v) is 3.36. The largest absolute Gasteiger partial charge is 0.462 e. The first-order valence-electron chi connectivity index (χ1n) is 5.31. The van der Waals surface area contributed by atoms with Crippen molar-refractivity contribution in [3.05, 3.63) is 28.3 Å². The molecule has 82 valence electrons. The van der Waals surface area contributed by atoms with Gasteiger partial charge in [-0.25, -0.2) is 0 Å². The third-order valence-electron chi connectivity index (χ3n) is 3.36. The highest BCUT2D eigenvalue weighted by atomic mass is 16.7. The fraction of sp³-hybridized carbons (Fsp3) is 0.538. The molecule has 1 aliphatic rings. The van der Waals surface area contributed by atoms with Gasteiger partial charge in [-0.15, -0.1) is 0 Å². The molecule has 1 aliphatic heterocycles. The summed E-state index contributed by atoms with van der Waals surface area (Å²) in [6.07, 6.45) is 0.839. The summed E-state index contributed by atoms with van der Waals surface area (Å²) in [6, 6.07) is 2.22. The van der Waals surface area contributed by atoms with Crippen molar-refractivity contribution >= 4 is 0 Å². The molecule has 1 aromatic carbocycles. The first kappa shape index (κ1) is 10.5. The van der Waals surface area contributed by atoms with Crippen LogP contribution in [0.2, 0.25) is 0 Å². The first-order chi connectivity index (χ1) is 6.97. The number of hydrogen-bond acceptors (Lipinski definition) is 2. The Balaban J connectivity index is 2.54. The van der Waals surface area contributed by atoms with Gasteiger partial charge in [0.15, 0.2) is 0 Å². The van der Waals surface area contributed by atoms with Crippen molar-refractivity contribution in [3.8, 4) is 5.75 Å². The summed E-state index contributed by atoms with van der Waals surface area (Å²) in [5.41, 5.74) is 5.11. The zero-order valence-corrected chi connectivity index (χ0v) is 10.1. The highest BCUT2D eigenvalue weighted by Crippen LogP contribution is 2.40. The second-order valence-corrected chi connectivity index (χ2v) is 4.56. The van der Waals surface area contributed by atoms with Crippen LogP contribution in [0.25, 0.3) is 0 Å². The fourth-order valence-corrected chi connectivity index (χ4v) is 2.15. The van der Waals surface area contributed by atoms with Crippen LogP contribution in [0, 0.1) is 20.8 Å². The van der Waals surface area contributed by atoms with E-state index in [9.17, 15) is 0 Å². The molecule has 0 amide bonds. The molecule has 1 atom stereocenters. The highest BCUT2D eigenvalue weighted by Gasteiger charge is 2.36. The van der Waals surface area contributed by atoms with Crippen molar-refractivity contribution in [2.24, 2.45) is 0 Å². The Labute approximate surface area is 91.2 Å². The molecule has 1 aromatic rings. The number of methoxy groups -OCH3 is 1. The van der Waals surface area contributed by atoms with E-state index in [4.69, 9.17) is 9.47 Å². The molecule has 0 N–H and O–H groups in total. The lowest BCUT2D eigenvalue weighted by Gasteiger charge is -2.21. The first-order valence-corrected chi connectivity index (χ1v) is 5.31. The monoisotopic (exact) mass is 206 g/mol. The van der Waals surface area contributed by atoms with Crippen LogP contribution < -0.4 is 4.74 Å². The summed E-state index contributed by atoms with van der Waals surface area (Å²) in [5, 5.41) is 0. The third kappa shape index (κ3) is 1.53. The van der Waals surface area contributed by atoms with E-state index >= 15 is 0 Å². The molecule has 2 heteroatoms. The minimum atomic E-state index is -0.481. The predicted octanol–water partition coefficient (Wildman–Crippen LogP) is 2.91. The van der Waals surface area contributed by atoms with Gasteiger partial charge >= 0.3 is 0 Å². The second-order valence-electron chi connectivity index (χ2n) is 4.56. The average molecular weight is 206 g/mol. The van der Waals surface area contributed by atoms with Gasteiger partial charge in [0.1, 0.15) is 5.75 Å². The Morgan fingerprint density at radius 3 is 2.53 bits per heavy atom. The van der Waals surface area contributed by atoms with Gasteiger partial charge in [0.2, 0.25) is 5.79 Å². The van der Waals surface area contributed by atoms with Gasteiger partial charge in [0.25, 0.3) is 0 Å². The maximum atomic E-state index is 5.91. The van der Waals surface area contributed by atoms with Crippen LogP contribution in [-0.2, 0) is 11.2 Å². The Morgan fingerprint density at radius 2 is 1.93 bits per heavy atom. The second kappa shape index (κ2) is 3.24. The Kier molecular flexibility index (Phi) is 2.27. The zero-order chi connectivity index (χ0) is 11.2. The standard InChI is InChI=1S/C13H18O2/c1-8-6-9(2)11-7-13(4,14-5)15-12(11)10(8)3/h6H,7H2,1-5H3. The van der Waals surface area contributed by atoms with E-state index in [1.165, 1.54) is 22.3 Å². The number of fused-ring (bicyclic) bond motifs is 1. The van der Waals surface area contributed by atoms with Crippen molar-refractivity contribution in [2.45, 2.75) is 39.9 Å². The van der Waals surface area contributed by atoms with Gasteiger partial charge < -0.3 is 9.47 Å². The molecule has 0 saturated heterocycles. The molecule has 0 bridgehead atoms. The van der Waals surface area contributed by atoms with Crippen molar-refractivity contribution in [3.63, 3.8) is 0 Å². The number of hydrogen-bond donors (Lipinski definition) is 0. The molecule has 0 saturated carbocycles. The summed E-state index contributed by atoms with van der Waals surface area (Å²) in [6.45, 7) is 8.35. The lowest BCUT2D eigenvalue weighted by atomic mass is 9.97. The molecular weight excluding hydrogens is 188 g/mol. The van der Waals surface area contributed by atoms with E-state index in [0.29, 0.717) is 0 Å². The van der Waals surface area contributed by atoms with Gasteiger partial charge in [0, 0.05) is 26.0 Å². The SMILES string of the molecule is COC1(C)Cc2c(C)cc(C)c(C)c2O1. The van der Waals surface area contributed by atoms with E-state index in [1.807, 2.05) is 6.92 Å². The summed E-state index contributed by atoms with van der Waals surface area (Å²) in [5.74, 6) is 0.544. The van der Waals surface area contributed by atoms with Crippen molar-refractivity contribution in [1.29, 1.82) is 0 Å². The van der Waals surface area contributed by atoms with Crippen molar-refractivity contribution < 1.29 is 9.47 Å². The fourth-order valence-electron chi connectivity index (χ4n) is 2.15. The minimum absolute atomic E-state index is 0.481. The Morgan fingerprint density at radius 1 is 1.27 bits per heavy atom. The summed E-state index contributed by atoms with van der Waals surface area (Å²) < 4.78 is 11.3. The topological polar surface area (TPSA) is 18.5 Å². The van der Waals surface area contributed by atoms with Crippen LogP contribution in [-0.4, -0.2) is 12.9 Å². The molecule has 0 radical (unpaired) electrons. The number of ether oxygens (including phenoxy) is 2. The molecule has 0 fully saturated rings. The van der Waals surface area contributed by atoms with E-state index in [-0.39, 0.29) is 0 Å². The predicted molar refractivity (Wildman–Crippen MR) is 60.4 cm³/mol. The van der Waals surface area contributed by atoms with Gasteiger partial charge in [-0.1, -0.05) is 6.07 Å². The molecule has 2 rings (SSSR count). The summed E-state index contributed by atoms with van der Waals surface area (Å²) >= 11 is 0. The minimum Gasteiger partial charge on any atom is -0.462 e. The lowest BCUT2D eigenvalue weighted by molar-refractivity contribution is -0.134. The van der Waals surface area contributed by atoms with Gasteiger partial charge in [-0.2, -0.15) is 0 Å². The Hall–Kier alpha value is -1.02. The molecular formula is C13H18O2. The zero-order valence-electron chi connectivity index (χ0n) is 10.1. The van der Waals surface area contributed by atoms with Crippen LogP contribution in [0.4, 0.5) is 0 Å². The van der Waals surface area contributed by atoms with Crippen LogP contribution >= 0.6 is 0 Å². The Bertz CT molecular complexity index is 409. The molecule has 0 aliphatic carbocycles. The van der Waals surface area contributed by atoms with E-state index < -0.39 is 5.79 Å². The number of aryl methyl sites for hydroxylation is 2. The maximum absolute atomic E-state index is 5.91. The highest BCUT2D eigenvalue weighted by molar-refractivity contribution is 5.52. The quantitative estimate of drug-likeness (QED) is 0.703. The molecule has 15 heavy (non-hydrogen) atoms. The lowest BCUT2D eigenvalue weighted by Crippen LogP contribution is -2.32. The number of rotatable bonds is 1. The average Bonchev–Trinajstić information content (AvgIpc) is 2.55. The smallest absolute Gasteiger partial charge is 0.211 e. The van der Waals surface area contributed by atoms with Crippen LogP contribution in [0.3, 0.4) is 0 Å². The van der Waals surface area contributed by atoms with Crippen LogP contribution in [0.5, 0.6) is 5.75 Å². The molecule has 0 spiro atoms. The maximum Gasteiger partial charge on any atom is 0.211 e. The van der Waals surface area contributed by atoms with Gasteiger partial charge in [-0.3, -0.25) is 0 Å². The van der Waals surface area contributed by atoms with Gasteiger partial charge in [-0.05, 0) is 37.5 Å². The summed E-state index contributed by atoms with van der Waals surface area (Å²) in [4.78, 5) is 0. The van der Waals surface area contributed by atoms with Crippen molar-refractivity contribution in [1.82, 2.24) is 0 Å². The van der Waals surface area contributed by atoms with Crippen LogP contribution in [0.1, 0.15) is 29.2 Å². The molecule has 1 heterocycles. The van der Waals surface area contributed by atoms with E-state index in [1.54, 1.807) is 7.11 Å². The van der Waals surface area contributed by atoms with Gasteiger partial charge in [0.05, 0.1) is 0 Å². The van der Waals surface area contributed by atoms with E-state index in [2.05, 4.69) is 26.8 Å². The molecule has 2 nitrogen and oxygen atoms in total. The number of benzene rings is 1.